The summed E-state index contributed by atoms with van der Waals surface area (Å²) in [5.74, 6) is 0.454. The van der Waals surface area contributed by atoms with Crippen molar-refractivity contribution in [2.24, 2.45) is 5.10 Å². The van der Waals surface area contributed by atoms with E-state index in [-0.39, 0.29) is 11.6 Å². The molecular weight excluding hydrogens is 266 g/mol. The van der Waals surface area contributed by atoms with E-state index in [1.54, 1.807) is 19.9 Å². The van der Waals surface area contributed by atoms with Gasteiger partial charge in [0, 0.05) is 0 Å². The van der Waals surface area contributed by atoms with Gasteiger partial charge in [0.15, 0.2) is 5.76 Å². The highest BCUT2D eigenvalue weighted by molar-refractivity contribution is 5.95. The van der Waals surface area contributed by atoms with Crippen LogP contribution in [0.2, 0.25) is 0 Å². The van der Waals surface area contributed by atoms with Crippen LogP contribution in [-0.2, 0) is 0 Å². The molecule has 0 bridgehead atoms. The van der Waals surface area contributed by atoms with Crippen LogP contribution in [0.4, 0.5) is 5.88 Å². The van der Waals surface area contributed by atoms with Crippen LogP contribution in [0, 0.1) is 24.0 Å². The Bertz CT molecular complexity index is 683. The van der Waals surface area contributed by atoms with Gasteiger partial charge in [-0.25, -0.2) is 5.43 Å². The van der Waals surface area contributed by atoms with Crippen molar-refractivity contribution in [2.45, 2.75) is 13.8 Å². The molecule has 2 aromatic heterocycles. The Kier molecular flexibility index (Phi) is 3.65. The first kappa shape index (κ1) is 13.5. The zero-order chi connectivity index (χ0) is 14.7. The molecule has 104 valence electrons. The number of amides is 1. The van der Waals surface area contributed by atoms with Crippen LogP contribution < -0.4 is 5.43 Å². The van der Waals surface area contributed by atoms with Crippen molar-refractivity contribution in [3.63, 3.8) is 0 Å². The van der Waals surface area contributed by atoms with Gasteiger partial charge in [0.2, 0.25) is 0 Å². The lowest BCUT2D eigenvalue weighted by atomic mass is 10.2. The van der Waals surface area contributed by atoms with Gasteiger partial charge in [-0.3, -0.25) is 14.9 Å². The number of carbonyl (C=O) groups excluding carboxylic acids is 1. The zero-order valence-electron chi connectivity index (χ0n) is 10.7. The van der Waals surface area contributed by atoms with E-state index in [2.05, 4.69) is 10.5 Å². The first-order valence-electron chi connectivity index (χ1n) is 5.62. The molecule has 20 heavy (non-hydrogen) atoms. The Morgan fingerprint density at radius 1 is 1.40 bits per heavy atom. The number of hydrogen-bond acceptors (Lipinski definition) is 6. The van der Waals surface area contributed by atoms with Crippen LogP contribution in [0.25, 0.3) is 0 Å². The van der Waals surface area contributed by atoms with E-state index < -0.39 is 10.8 Å². The van der Waals surface area contributed by atoms with Gasteiger partial charge >= 0.3 is 5.88 Å². The maximum absolute atomic E-state index is 11.8. The molecule has 1 N–H and O–H groups in total. The molecular formula is C12H11N3O5. The van der Waals surface area contributed by atoms with Crippen molar-refractivity contribution in [3.8, 4) is 0 Å². The Labute approximate surface area is 113 Å². The van der Waals surface area contributed by atoms with Gasteiger partial charge in [-0.2, -0.15) is 5.10 Å². The van der Waals surface area contributed by atoms with Crippen molar-refractivity contribution in [2.75, 3.05) is 0 Å². The lowest BCUT2D eigenvalue weighted by molar-refractivity contribution is -0.402. The van der Waals surface area contributed by atoms with Crippen molar-refractivity contribution >= 4 is 18.0 Å². The summed E-state index contributed by atoms with van der Waals surface area (Å²) in [7, 11) is 0. The maximum Gasteiger partial charge on any atom is 0.433 e. The molecule has 8 nitrogen and oxygen atoms in total. The molecule has 0 unspecified atom stereocenters. The van der Waals surface area contributed by atoms with Gasteiger partial charge in [0.25, 0.3) is 5.91 Å². The number of nitrogens with zero attached hydrogens (tertiary/aromatic N) is 2. The summed E-state index contributed by atoms with van der Waals surface area (Å²) in [6.07, 6.45) is 1.17. The summed E-state index contributed by atoms with van der Waals surface area (Å²) in [6, 6.07) is 4.17. The summed E-state index contributed by atoms with van der Waals surface area (Å²) < 4.78 is 10.1. The molecule has 0 fully saturated rings. The van der Waals surface area contributed by atoms with Crippen LogP contribution in [0.1, 0.15) is 27.6 Å². The van der Waals surface area contributed by atoms with Crippen molar-refractivity contribution in [3.05, 3.63) is 51.2 Å². The molecule has 0 spiro atoms. The molecule has 1 amide bonds. The molecule has 0 saturated carbocycles. The lowest BCUT2D eigenvalue weighted by Gasteiger charge is -1.96. The Morgan fingerprint density at radius 2 is 2.15 bits per heavy atom. The number of rotatable bonds is 4. The molecule has 0 atom stereocenters. The topological polar surface area (TPSA) is 111 Å². The van der Waals surface area contributed by atoms with E-state index >= 15 is 0 Å². The number of nitrogens with one attached hydrogen (secondary N) is 1. The molecule has 2 rings (SSSR count). The highest BCUT2D eigenvalue weighted by Gasteiger charge is 2.13. The van der Waals surface area contributed by atoms with Crippen molar-refractivity contribution in [1.82, 2.24) is 5.43 Å². The molecule has 2 aromatic rings. The van der Waals surface area contributed by atoms with Crippen molar-refractivity contribution < 1.29 is 18.6 Å². The molecule has 8 heteroatoms. The first-order valence-corrected chi connectivity index (χ1v) is 5.62. The Hall–Kier alpha value is -2.90. The fourth-order valence-corrected chi connectivity index (χ4v) is 1.58. The van der Waals surface area contributed by atoms with Crippen molar-refractivity contribution in [1.29, 1.82) is 0 Å². The molecule has 0 aliphatic rings. The van der Waals surface area contributed by atoms with E-state index in [4.69, 9.17) is 8.83 Å². The Morgan fingerprint density at radius 3 is 2.70 bits per heavy atom. The standard InChI is InChI=1S/C12H11N3O5/c1-7-5-10(8(2)19-7)12(16)14-13-6-9-3-4-11(20-9)15(17)18/h3-6H,1-2H3,(H,14,16)/b13-6+. The summed E-state index contributed by atoms with van der Waals surface area (Å²) in [5, 5.41) is 14.1. The minimum absolute atomic E-state index is 0.164. The van der Waals surface area contributed by atoms with E-state index in [1.165, 1.54) is 18.3 Å². The minimum Gasteiger partial charge on any atom is -0.466 e. The summed E-state index contributed by atoms with van der Waals surface area (Å²) in [4.78, 5) is 21.5. The number of aryl methyl sites for hydroxylation is 2. The van der Waals surface area contributed by atoms with Crippen LogP contribution in [0.5, 0.6) is 0 Å². The SMILES string of the molecule is Cc1cc(C(=O)N/N=C/c2ccc([N+](=O)[O-])o2)c(C)o1. The second kappa shape index (κ2) is 5.39. The summed E-state index contributed by atoms with van der Waals surface area (Å²) >= 11 is 0. The fraction of sp³-hybridized carbons (Fsp3) is 0.167. The van der Waals surface area contributed by atoms with E-state index in [0.717, 1.165) is 0 Å². The molecule has 0 radical (unpaired) electrons. The van der Waals surface area contributed by atoms with Crippen LogP contribution in [0.3, 0.4) is 0 Å². The molecule has 0 saturated heterocycles. The van der Waals surface area contributed by atoms with E-state index in [9.17, 15) is 14.9 Å². The number of nitro groups is 1. The van der Waals surface area contributed by atoms with Crippen LogP contribution in [-0.4, -0.2) is 17.0 Å². The lowest BCUT2D eigenvalue weighted by Crippen LogP contribution is -2.17. The highest BCUT2D eigenvalue weighted by atomic mass is 16.6. The second-order valence-electron chi connectivity index (χ2n) is 3.96. The highest BCUT2D eigenvalue weighted by Crippen LogP contribution is 2.14. The van der Waals surface area contributed by atoms with Gasteiger partial charge in [-0.1, -0.05) is 0 Å². The van der Waals surface area contributed by atoms with Gasteiger partial charge in [0.05, 0.1) is 17.8 Å². The zero-order valence-corrected chi connectivity index (χ0v) is 10.7. The van der Waals surface area contributed by atoms with Crippen LogP contribution in [0.15, 0.2) is 32.1 Å². The molecule has 0 aromatic carbocycles. The average Bonchev–Trinajstić information content (AvgIpc) is 2.96. The summed E-state index contributed by atoms with van der Waals surface area (Å²) in [6.45, 7) is 3.40. The fourth-order valence-electron chi connectivity index (χ4n) is 1.58. The third-order valence-corrected chi connectivity index (χ3v) is 2.44. The van der Waals surface area contributed by atoms with Gasteiger partial charge in [-0.15, -0.1) is 0 Å². The third kappa shape index (κ3) is 2.91. The van der Waals surface area contributed by atoms with Crippen LogP contribution >= 0.6 is 0 Å². The summed E-state index contributed by atoms with van der Waals surface area (Å²) in [5.41, 5.74) is 2.66. The number of carbonyl (C=O) groups is 1. The number of hydrogen-bond donors (Lipinski definition) is 1. The molecule has 0 aliphatic carbocycles. The predicted molar refractivity (Wildman–Crippen MR) is 68.6 cm³/mol. The average molecular weight is 277 g/mol. The third-order valence-electron chi connectivity index (χ3n) is 2.44. The van der Waals surface area contributed by atoms with Gasteiger partial charge in [-0.05, 0) is 26.0 Å². The van der Waals surface area contributed by atoms with Gasteiger partial charge < -0.3 is 8.83 Å². The van der Waals surface area contributed by atoms with Gasteiger partial charge in [0.1, 0.15) is 16.4 Å². The quantitative estimate of drug-likeness (QED) is 0.523. The predicted octanol–water partition coefficient (Wildman–Crippen LogP) is 2.16. The first-order chi connectivity index (χ1) is 9.47. The number of furan rings is 2. The molecule has 0 aliphatic heterocycles. The largest absolute Gasteiger partial charge is 0.466 e. The monoisotopic (exact) mass is 277 g/mol. The van der Waals surface area contributed by atoms with E-state index in [1.807, 2.05) is 0 Å². The maximum atomic E-state index is 11.8. The molecule has 2 heterocycles. The van der Waals surface area contributed by atoms with E-state index in [0.29, 0.717) is 17.1 Å². The normalized spacial score (nSPS) is 10.9. The second-order valence-corrected chi connectivity index (χ2v) is 3.96. The minimum atomic E-state index is -0.659. The number of hydrazone groups is 1. The smallest absolute Gasteiger partial charge is 0.433 e. The Balaban J connectivity index is 2.00.